The van der Waals surface area contributed by atoms with Gasteiger partial charge < -0.3 is 14.5 Å². The number of nitrogens with zero attached hydrogens (tertiary/aromatic N) is 2. The zero-order valence-electron chi connectivity index (χ0n) is 17.3. The molecule has 0 aliphatic rings. The summed E-state index contributed by atoms with van der Waals surface area (Å²) in [6.45, 7) is 1.38. The predicted octanol–water partition coefficient (Wildman–Crippen LogP) is 4.42. The van der Waals surface area contributed by atoms with Crippen LogP contribution in [0.1, 0.15) is 17.0 Å². The molecule has 0 saturated carbocycles. The van der Waals surface area contributed by atoms with Gasteiger partial charge in [-0.05, 0) is 49.5 Å². The zero-order chi connectivity index (χ0) is 20.6. The molecular weight excluding hydrogens is 360 g/mol. The Hall–Kier alpha value is -3.11. The van der Waals surface area contributed by atoms with Crippen molar-refractivity contribution in [1.29, 1.82) is 0 Å². The summed E-state index contributed by atoms with van der Waals surface area (Å²) < 4.78 is 5.28. The van der Waals surface area contributed by atoms with E-state index < -0.39 is 0 Å². The molecule has 0 unspecified atom stereocenters. The molecule has 3 aromatic rings. The lowest BCUT2D eigenvalue weighted by Crippen LogP contribution is -2.40. The first kappa shape index (κ1) is 20.6. The Morgan fingerprint density at radius 2 is 1.31 bits per heavy atom. The molecular formula is C25H28N2O2. The first-order chi connectivity index (χ1) is 14.1. The Morgan fingerprint density at radius 3 is 1.76 bits per heavy atom. The molecule has 150 valence electrons. The van der Waals surface area contributed by atoms with E-state index in [1.807, 2.05) is 104 Å². The van der Waals surface area contributed by atoms with Crippen molar-refractivity contribution in [3.8, 4) is 5.75 Å². The highest BCUT2D eigenvalue weighted by molar-refractivity contribution is 6.00. The maximum absolute atomic E-state index is 13.9. The van der Waals surface area contributed by atoms with E-state index in [1.165, 1.54) is 0 Å². The molecule has 0 atom stereocenters. The SMILES string of the molecule is COc1ccc(N(CCN(C)C)C(=O)C(c2ccccc2)c2ccccc2)cc1. The van der Waals surface area contributed by atoms with Crippen molar-refractivity contribution in [3.63, 3.8) is 0 Å². The molecule has 3 aromatic carbocycles. The Morgan fingerprint density at radius 1 is 0.793 bits per heavy atom. The van der Waals surface area contributed by atoms with Crippen molar-refractivity contribution >= 4 is 11.6 Å². The topological polar surface area (TPSA) is 32.8 Å². The molecule has 29 heavy (non-hydrogen) atoms. The van der Waals surface area contributed by atoms with Crippen LogP contribution in [0.4, 0.5) is 5.69 Å². The summed E-state index contributed by atoms with van der Waals surface area (Å²) in [5.74, 6) is 0.479. The van der Waals surface area contributed by atoms with Gasteiger partial charge in [0.2, 0.25) is 5.91 Å². The van der Waals surface area contributed by atoms with E-state index in [0.29, 0.717) is 6.54 Å². The number of benzene rings is 3. The van der Waals surface area contributed by atoms with Crippen LogP contribution in [0, 0.1) is 0 Å². The van der Waals surface area contributed by atoms with Crippen molar-refractivity contribution < 1.29 is 9.53 Å². The molecule has 0 aliphatic carbocycles. The monoisotopic (exact) mass is 388 g/mol. The summed E-state index contributed by atoms with van der Waals surface area (Å²) in [4.78, 5) is 17.9. The summed E-state index contributed by atoms with van der Waals surface area (Å²) in [6, 6.07) is 27.6. The maximum Gasteiger partial charge on any atom is 0.239 e. The summed E-state index contributed by atoms with van der Waals surface area (Å²) >= 11 is 0. The van der Waals surface area contributed by atoms with E-state index in [9.17, 15) is 4.79 Å². The van der Waals surface area contributed by atoms with E-state index in [2.05, 4.69) is 4.90 Å². The number of hydrogen-bond donors (Lipinski definition) is 0. The fourth-order valence-electron chi connectivity index (χ4n) is 3.35. The van der Waals surface area contributed by atoms with Gasteiger partial charge in [-0.25, -0.2) is 0 Å². The third kappa shape index (κ3) is 5.24. The standard InChI is InChI=1S/C25H28N2O2/c1-26(2)18-19-27(22-14-16-23(29-3)17-15-22)25(28)24(20-10-6-4-7-11-20)21-12-8-5-9-13-21/h4-17,24H,18-19H2,1-3H3. The van der Waals surface area contributed by atoms with Gasteiger partial charge in [0.25, 0.3) is 0 Å². The molecule has 1 amide bonds. The van der Waals surface area contributed by atoms with Gasteiger partial charge >= 0.3 is 0 Å². The number of likely N-dealkylation sites (N-methyl/N-ethyl adjacent to an activating group) is 1. The molecule has 0 heterocycles. The molecule has 0 radical (unpaired) electrons. The number of rotatable bonds is 8. The minimum absolute atomic E-state index is 0.0643. The van der Waals surface area contributed by atoms with Crippen LogP contribution in [0.5, 0.6) is 5.75 Å². The summed E-state index contributed by atoms with van der Waals surface area (Å²) in [5.41, 5.74) is 2.86. The molecule has 0 aliphatic heterocycles. The Labute approximate surface area is 173 Å². The van der Waals surface area contributed by atoms with Crippen molar-refractivity contribution in [2.24, 2.45) is 0 Å². The van der Waals surface area contributed by atoms with Gasteiger partial charge in [0.1, 0.15) is 5.75 Å². The number of carbonyl (C=O) groups excluding carboxylic acids is 1. The fraction of sp³-hybridized carbons (Fsp3) is 0.240. The molecule has 0 aromatic heterocycles. The normalized spacial score (nSPS) is 10.9. The minimum atomic E-state index is -0.360. The molecule has 4 nitrogen and oxygen atoms in total. The molecule has 0 fully saturated rings. The highest BCUT2D eigenvalue weighted by atomic mass is 16.5. The Kier molecular flexibility index (Phi) is 7.04. The number of methoxy groups -OCH3 is 1. The first-order valence-electron chi connectivity index (χ1n) is 9.80. The molecule has 0 saturated heterocycles. The van der Waals surface area contributed by atoms with Crippen LogP contribution >= 0.6 is 0 Å². The second kappa shape index (κ2) is 9.89. The van der Waals surface area contributed by atoms with E-state index in [-0.39, 0.29) is 11.8 Å². The largest absolute Gasteiger partial charge is 0.497 e. The average molecular weight is 389 g/mol. The molecule has 3 rings (SSSR count). The quantitative estimate of drug-likeness (QED) is 0.573. The summed E-state index contributed by atoms with van der Waals surface area (Å²) in [7, 11) is 5.68. The van der Waals surface area contributed by atoms with Crippen LogP contribution in [-0.2, 0) is 4.79 Å². The van der Waals surface area contributed by atoms with Crippen LogP contribution in [0.3, 0.4) is 0 Å². The lowest BCUT2D eigenvalue weighted by molar-refractivity contribution is -0.119. The third-order valence-electron chi connectivity index (χ3n) is 4.93. The number of anilines is 1. The van der Waals surface area contributed by atoms with E-state index in [1.54, 1.807) is 7.11 Å². The summed E-state index contributed by atoms with van der Waals surface area (Å²) in [6.07, 6.45) is 0. The highest BCUT2D eigenvalue weighted by Crippen LogP contribution is 2.30. The Bertz CT molecular complexity index is 854. The number of ether oxygens (including phenoxy) is 1. The van der Waals surface area contributed by atoms with Gasteiger partial charge in [-0.2, -0.15) is 0 Å². The zero-order valence-corrected chi connectivity index (χ0v) is 17.3. The lowest BCUT2D eigenvalue weighted by atomic mass is 9.90. The van der Waals surface area contributed by atoms with Crippen LogP contribution in [0.2, 0.25) is 0 Å². The van der Waals surface area contributed by atoms with E-state index in [0.717, 1.165) is 29.1 Å². The maximum atomic E-state index is 13.9. The molecule has 0 bridgehead atoms. The van der Waals surface area contributed by atoms with Crippen molar-refractivity contribution in [1.82, 2.24) is 4.90 Å². The fourth-order valence-corrected chi connectivity index (χ4v) is 3.35. The van der Waals surface area contributed by atoms with E-state index >= 15 is 0 Å². The highest BCUT2D eigenvalue weighted by Gasteiger charge is 2.28. The van der Waals surface area contributed by atoms with Gasteiger partial charge in [-0.3, -0.25) is 4.79 Å². The second-order valence-corrected chi connectivity index (χ2v) is 7.25. The molecule has 0 spiro atoms. The lowest BCUT2D eigenvalue weighted by Gasteiger charge is -2.29. The van der Waals surface area contributed by atoms with Crippen LogP contribution in [-0.4, -0.2) is 45.1 Å². The molecule has 0 N–H and O–H groups in total. The first-order valence-corrected chi connectivity index (χ1v) is 9.80. The predicted molar refractivity (Wildman–Crippen MR) is 119 cm³/mol. The van der Waals surface area contributed by atoms with Gasteiger partial charge in [-0.1, -0.05) is 60.7 Å². The number of amides is 1. The average Bonchev–Trinajstić information content (AvgIpc) is 2.76. The summed E-state index contributed by atoms with van der Waals surface area (Å²) in [5, 5.41) is 0. The van der Waals surface area contributed by atoms with Crippen LogP contribution in [0.15, 0.2) is 84.9 Å². The minimum Gasteiger partial charge on any atom is -0.497 e. The Balaban J connectivity index is 2.01. The number of carbonyl (C=O) groups is 1. The van der Waals surface area contributed by atoms with Gasteiger partial charge in [0.15, 0.2) is 0 Å². The van der Waals surface area contributed by atoms with Crippen LogP contribution < -0.4 is 9.64 Å². The number of hydrogen-bond acceptors (Lipinski definition) is 3. The van der Waals surface area contributed by atoms with Gasteiger partial charge in [0, 0.05) is 18.8 Å². The molecule has 4 heteroatoms. The van der Waals surface area contributed by atoms with Gasteiger partial charge in [-0.15, -0.1) is 0 Å². The second-order valence-electron chi connectivity index (χ2n) is 7.25. The van der Waals surface area contributed by atoms with Crippen molar-refractivity contribution in [2.75, 3.05) is 39.2 Å². The van der Waals surface area contributed by atoms with E-state index in [4.69, 9.17) is 4.74 Å². The van der Waals surface area contributed by atoms with Crippen LogP contribution in [0.25, 0.3) is 0 Å². The van der Waals surface area contributed by atoms with Gasteiger partial charge in [0.05, 0.1) is 13.0 Å². The third-order valence-corrected chi connectivity index (χ3v) is 4.93. The smallest absolute Gasteiger partial charge is 0.239 e. The van der Waals surface area contributed by atoms with Crippen molar-refractivity contribution in [2.45, 2.75) is 5.92 Å². The van der Waals surface area contributed by atoms with Crippen molar-refractivity contribution in [3.05, 3.63) is 96.1 Å².